The van der Waals surface area contributed by atoms with Gasteiger partial charge < -0.3 is 5.11 Å². The van der Waals surface area contributed by atoms with E-state index in [0.717, 1.165) is 43.8 Å². The Hall–Kier alpha value is -5.44. The van der Waals surface area contributed by atoms with Crippen LogP contribution in [0.25, 0.3) is 86.2 Å². The molecule has 50 heavy (non-hydrogen) atoms. The molecule has 0 saturated heterocycles. The van der Waals surface area contributed by atoms with E-state index in [1.54, 1.807) is 0 Å². The maximum Gasteiger partial charge on any atom is 0.118 e. The van der Waals surface area contributed by atoms with Gasteiger partial charge in [0.05, 0.1) is 5.75 Å². The van der Waals surface area contributed by atoms with E-state index in [2.05, 4.69) is 115 Å². The fourth-order valence-electron chi connectivity index (χ4n) is 7.57. The van der Waals surface area contributed by atoms with Crippen molar-refractivity contribution in [2.24, 2.45) is 0 Å². The van der Waals surface area contributed by atoms with Gasteiger partial charge in [0.15, 0.2) is 0 Å². The van der Waals surface area contributed by atoms with Gasteiger partial charge in [-0.25, -0.2) is 0 Å². The largest absolute Gasteiger partial charge is 0.509 e. The highest BCUT2D eigenvalue weighted by Crippen LogP contribution is 2.47. The highest BCUT2D eigenvalue weighted by molar-refractivity contribution is 7.26. The third-order valence-corrected chi connectivity index (χ3v) is 11.0. The lowest BCUT2D eigenvalue weighted by molar-refractivity contribution is 0.484. The van der Waals surface area contributed by atoms with Crippen LogP contribution >= 0.6 is 11.3 Å². The first-order valence-electron chi connectivity index (χ1n) is 16.4. The van der Waals surface area contributed by atoms with Crippen molar-refractivity contribution >= 4 is 106 Å². The van der Waals surface area contributed by atoms with E-state index >= 15 is 0 Å². The second-order valence-corrected chi connectivity index (χ2v) is 13.7. The molecular formula is C44H24B4OS. The number of thiophene rings is 1. The molecule has 0 fully saturated rings. The van der Waals surface area contributed by atoms with Gasteiger partial charge in [0.25, 0.3) is 0 Å². The minimum Gasteiger partial charge on any atom is -0.509 e. The summed E-state index contributed by atoms with van der Waals surface area (Å²) in [7, 11) is 25.7. The molecule has 224 valence electrons. The summed E-state index contributed by atoms with van der Waals surface area (Å²) in [6, 6.07) is 49.2. The molecule has 6 heteroatoms. The molecule has 0 bridgehead atoms. The molecule has 0 unspecified atom stereocenters. The lowest BCUT2D eigenvalue weighted by Gasteiger charge is -2.24. The molecule has 1 aromatic heterocycles. The standard InChI is InChI=1S/C44H24B4OS/c45-40-39(41(46)43(48)44(49)42(40)47)37-30-14-6-4-12-28(30)35(29-13-5-7-15-31(29)37)25-18-20-26(21-19-25)36-27(24-10-2-1-3-11-24)22-23-34-38(36)32-16-8-9-17-33(32)50-34/h1-23,49H. The minimum absolute atomic E-state index is 0.0165. The Labute approximate surface area is 299 Å². The van der Waals surface area contributed by atoms with Crippen LogP contribution in [0.5, 0.6) is 5.75 Å². The molecule has 8 radical (unpaired) electrons. The molecule has 9 aromatic rings. The van der Waals surface area contributed by atoms with Crippen molar-refractivity contribution in [3.8, 4) is 50.3 Å². The van der Waals surface area contributed by atoms with Crippen molar-refractivity contribution in [2.75, 3.05) is 0 Å². The van der Waals surface area contributed by atoms with Gasteiger partial charge in [-0.05, 0) is 78.2 Å². The highest BCUT2D eigenvalue weighted by atomic mass is 32.1. The Morgan fingerprint density at radius 3 is 1.42 bits per heavy atom. The van der Waals surface area contributed by atoms with Crippen LogP contribution in [0.15, 0.2) is 140 Å². The monoisotopic (exact) mass is 644 g/mol. The Kier molecular flexibility index (Phi) is 7.26. The van der Waals surface area contributed by atoms with Gasteiger partial charge in [-0.3, -0.25) is 0 Å². The first-order chi connectivity index (χ1) is 24.4. The Morgan fingerprint density at radius 1 is 0.360 bits per heavy atom. The molecule has 9 rings (SSSR count). The average Bonchev–Trinajstić information content (AvgIpc) is 3.55. The van der Waals surface area contributed by atoms with Gasteiger partial charge in [-0.15, -0.1) is 11.3 Å². The van der Waals surface area contributed by atoms with E-state index < -0.39 is 0 Å². The van der Waals surface area contributed by atoms with Crippen LogP contribution in [0.3, 0.4) is 0 Å². The van der Waals surface area contributed by atoms with Crippen LogP contribution in [0, 0.1) is 0 Å². The number of rotatable bonds is 4. The van der Waals surface area contributed by atoms with Gasteiger partial charge in [0, 0.05) is 20.2 Å². The zero-order chi connectivity index (χ0) is 34.1. The molecule has 0 aliphatic carbocycles. The highest BCUT2D eigenvalue weighted by Gasteiger charge is 2.22. The van der Waals surface area contributed by atoms with E-state index in [1.165, 1.54) is 36.9 Å². The SMILES string of the molecule is [B]c1c([B])c(-c2c3ccccc3c(-c3ccc(-c4c(-c5ccccc5)ccc5sc6ccccc6c45)cc3)c3ccccc23)c([B])c([B])c1O. The maximum atomic E-state index is 10.5. The first-order valence-corrected chi connectivity index (χ1v) is 17.2. The van der Waals surface area contributed by atoms with Crippen LogP contribution in [0.2, 0.25) is 0 Å². The lowest BCUT2D eigenvalue weighted by Crippen LogP contribution is -2.42. The fraction of sp³-hybridized carbons (Fsp3) is 0. The smallest absolute Gasteiger partial charge is 0.118 e. The molecule has 0 spiro atoms. The Morgan fingerprint density at radius 2 is 0.840 bits per heavy atom. The van der Waals surface area contributed by atoms with E-state index in [1.807, 2.05) is 35.6 Å². The van der Waals surface area contributed by atoms with Gasteiger partial charge >= 0.3 is 0 Å². The normalized spacial score (nSPS) is 11.6. The van der Waals surface area contributed by atoms with Gasteiger partial charge in [-0.1, -0.05) is 149 Å². The van der Waals surface area contributed by atoms with Crippen molar-refractivity contribution < 1.29 is 5.11 Å². The van der Waals surface area contributed by atoms with Crippen molar-refractivity contribution in [1.29, 1.82) is 0 Å². The Bertz CT molecular complexity index is 2720. The number of phenolic OH excluding ortho intramolecular Hbond substituents is 1. The van der Waals surface area contributed by atoms with Crippen molar-refractivity contribution in [3.63, 3.8) is 0 Å². The second-order valence-electron chi connectivity index (χ2n) is 12.6. The minimum atomic E-state index is -0.296. The first kappa shape index (κ1) is 30.6. The predicted octanol–water partition coefficient (Wildman–Crippen LogP) is 7.91. The molecule has 8 aromatic carbocycles. The topological polar surface area (TPSA) is 20.2 Å². The van der Waals surface area contributed by atoms with E-state index in [-0.39, 0.29) is 27.6 Å². The number of hydrogen-bond donors (Lipinski definition) is 1. The summed E-state index contributed by atoms with van der Waals surface area (Å²) >= 11 is 1.83. The van der Waals surface area contributed by atoms with Crippen LogP contribution in [0.4, 0.5) is 0 Å². The second kappa shape index (κ2) is 11.9. The van der Waals surface area contributed by atoms with Crippen molar-refractivity contribution in [2.45, 2.75) is 0 Å². The number of phenols is 1. The molecule has 0 amide bonds. The van der Waals surface area contributed by atoms with Crippen LogP contribution in [-0.2, 0) is 0 Å². The fourth-order valence-corrected chi connectivity index (χ4v) is 8.68. The number of fused-ring (bicyclic) bond motifs is 5. The molecule has 0 saturated carbocycles. The molecule has 0 aliphatic rings. The number of hydrogen-bond acceptors (Lipinski definition) is 2. The molecule has 1 nitrogen and oxygen atoms in total. The van der Waals surface area contributed by atoms with Gasteiger partial charge in [0.2, 0.25) is 0 Å². The number of aromatic hydroxyl groups is 1. The summed E-state index contributed by atoms with van der Waals surface area (Å²) in [6.45, 7) is 0. The van der Waals surface area contributed by atoms with Crippen molar-refractivity contribution in [1.82, 2.24) is 0 Å². The summed E-state index contributed by atoms with van der Waals surface area (Å²) in [5.41, 5.74) is 8.75. The van der Waals surface area contributed by atoms with E-state index in [0.29, 0.717) is 5.56 Å². The molecule has 0 aliphatic heterocycles. The summed E-state index contributed by atoms with van der Waals surface area (Å²) in [4.78, 5) is 0. The summed E-state index contributed by atoms with van der Waals surface area (Å²) in [6.07, 6.45) is 0. The summed E-state index contributed by atoms with van der Waals surface area (Å²) in [5.74, 6) is -0.296. The van der Waals surface area contributed by atoms with Crippen LogP contribution in [0.1, 0.15) is 0 Å². The third-order valence-electron chi connectivity index (χ3n) is 9.90. The summed E-state index contributed by atoms with van der Waals surface area (Å²) in [5, 5.41) is 17.1. The maximum absolute atomic E-state index is 10.5. The number of benzene rings is 8. The molecule has 1 heterocycles. The van der Waals surface area contributed by atoms with Crippen molar-refractivity contribution in [3.05, 3.63) is 140 Å². The van der Waals surface area contributed by atoms with E-state index in [4.69, 9.17) is 31.4 Å². The zero-order valence-electron chi connectivity index (χ0n) is 26.9. The van der Waals surface area contributed by atoms with Gasteiger partial charge in [0.1, 0.15) is 31.4 Å². The van der Waals surface area contributed by atoms with Gasteiger partial charge in [-0.2, -0.15) is 0 Å². The quantitative estimate of drug-likeness (QED) is 0.153. The van der Waals surface area contributed by atoms with E-state index in [9.17, 15) is 5.11 Å². The van der Waals surface area contributed by atoms with Crippen LogP contribution < -0.4 is 21.9 Å². The molecule has 0 atom stereocenters. The predicted molar refractivity (Wildman–Crippen MR) is 219 cm³/mol. The third kappa shape index (κ3) is 4.59. The van der Waals surface area contributed by atoms with Crippen LogP contribution in [-0.4, -0.2) is 36.5 Å². The lowest BCUT2D eigenvalue weighted by atomic mass is 9.64. The molecular weight excluding hydrogens is 620 g/mol. The average molecular weight is 644 g/mol. The Balaban J connectivity index is 1.31. The summed E-state index contributed by atoms with van der Waals surface area (Å²) < 4.78 is 2.55. The zero-order valence-corrected chi connectivity index (χ0v) is 27.8. The molecule has 1 N–H and O–H groups in total.